The largest absolute Gasteiger partial charge is 0.356 e. The molecule has 1 fully saturated rings. The summed E-state index contributed by atoms with van der Waals surface area (Å²) in [6.45, 7) is 0.782. The third kappa shape index (κ3) is 1.96. The molecule has 0 radical (unpaired) electrons. The Bertz CT molecular complexity index is 551. The van der Waals surface area contributed by atoms with Crippen LogP contribution in [0.2, 0.25) is 5.02 Å². The molecule has 0 aromatic carbocycles. The fourth-order valence-electron chi connectivity index (χ4n) is 2.10. The van der Waals surface area contributed by atoms with Gasteiger partial charge in [0.05, 0.1) is 10.4 Å². The summed E-state index contributed by atoms with van der Waals surface area (Å²) >= 11 is 9.57. The predicted molar refractivity (Wildman–Crippen MR) is 69.1 cm³/mol. The minimum atomic E-state index is -0.0245. The second-order valence-corrected chi connectivity index (χ2v) is 5.21. The smallest absolute Gasteiger partial charge is 0.163 e. The van der Waals surface area contributed by atoms with Gasteiger partial charge in [0.1, 0.15) is 4.60 Å². The van der Waals surface area contributed by atoms with Gasteiger partial charge in [-0.1, -0.05) is 11.6 Å². The van der Waals surface area contributed by atoms with Crippen molar-refractivity contribution in [3.8, 4) is 0 Å². The van der Waals surface area contributed by atoms with Gasteiger partial charge in [0, 0.05) is 12.8 Å². The summed E-state index contributed by atoms with van der Waals surface area (Å²) in [4.78, 5) is 4.34. The van der Waals surface area contributed by atoms with Gasteiger partial charge in [-0.05, 0) is 41.3 Å². The lowest BCUT2D eigenvalue weighted by molar-refractivity contribution is -0.0371. The molecule has 2 aromatic heterocycles. The van der Waals surface area contributed by atoms with Crippen LogP contribution in [0, 0.1) is 0 Å². The van der Waals surface area contributed by atoms with Crippen molar-refractivity contribution in [2.45, 2.75) is 25.5 Å². The maximum absolute atomic E-state index is 6.15. The van der Waals surface area contributed by atoms with E-state index in [9.17, 15) is 0 Å². The van der Waals surface area contributed by atoms with Crippen molar-refractivity contribution in [1.82, 2.24) is 14.8 Å². The monoisotopic (exact) mass is 315 g/mol. The van der Waals surface area contributed by atoms with Crippen LogP contribution in [0.25, 0.3) is 11.0 Å². The van der Waals surface area contributed by atoms with Gasteiger partial charge in [0.25, 0.3) is 0 Å². The molecule has 1 aliphatic heterocycles. The van der Waals surface area contributed by atoms with Crippen molar-refractivity contribution >= 4 is 38.6 Å². The molecule has 0 spiro atoms. The highest BCUT2D eigenvalue weighted by Gasteiger charge is 2.22. The molecule has 17 heavy (non-hydrogen) atoms. The van der Waals surface area contributed by atoms with Gasteiger partial charge in [-0.15, -0.1) is 0 Å². The normalized spacial score (nSPS) is 20.9. The summed E-state index contributed by atoms with van der Waals surface area (Å²) in [6, 6.07) is 1.77. The van der Waals surface area contributed by atoms with E-state index in [2.05, 4.69) is 26.0 Å². The molecular weight excluding hydrogens is 305 g/mol. The third-order valence-corrected chi connectivity index (χ3v) is 3.80. The molecule has 1 atom stereocenters. The molecule has 0 amide bonds. The van der Waals surface area contributed by atoms with E-state index < -0.39 is 0 Å². The van der Waals surface area contributed by atoms with Gasteiger partial charge in [-0.3, -0.25) is 0 Å². The van der Waals surface area contributed by atoms with E-state index in [1.165, 1.54) is 0 Å². The van der Waals surface area contributed by atoms with Crippen LogP contribution in [-0.4, -0.2) is 21.4 Å². The molecule has 0 bridgehead atoms. The van der Waals surface area contributed by atoms with Gasteiger partial charge in [-0.2, -0.15) is 5.10 Å². The van der Waals surface area contributed by atoms with Crippen LogP contribution in [0.4, 0.5) is 0 Å². The fourth-order valence-corrected chi connectivity index (χ4v) is 3.01. The molecule has 1 aliphatic rings. The molecule has 90 valence electrons. The van der Waals surface area contributed by atoms with Crippen LogP contribution < -0.4 is 0 Å². The predicted octanol–water partition coefficient (Wildman–Crippen LogP) is 3.55. The molecule has 1 saturated heterocycles. The summed E-state index contributed by atoms with van der Waals surface area (Å²) in [5.74, 6) is 0. The number of hydrogen-bond donors (Lipinski definition) is 0. The van der Waals surface area contributed by atoms with Crippen LogP contribution in [-0.2, 0) is 4.74 Å². The van der Waals surface area contributed by atoms with Gasteiger partial charge in [0.2, 0.25) is 0 Å². The van der Waals surface area contributed by atoms with E-state index >= 15 is 0 Å². The molecular formula is C11H11BrClN3O. The fraction of sp³-hybridized carbons (Fsp3) is 0.455. The minimum Gasteiger partial charge on any atom is -0.356 e. The van der Waals surface area contributed by atoms with E-state index in [0.717, 1.165) is 41.5 Å². The summed E-state index contributed by atoms with van der Waals surface area (Å²) < 4.78 is 8.27. The Morgan fingerprint density at radius 1 is 1.47 bits per heavy atom. The minimum absolute atomic E-state index is 0.0245. The van der Waals surface area contributed by atoms with E-state index in [1.54, 1.807) is 12.3 Å². The van der Waals surface area contributed by atoms with Crippen LogP contribution in [0.1, 0.15) is 25.5 Å². The van der Waals surface area contributed by atoms with Crippen molar-refractivity contribution in [3.63, 3.8) is 0 Å². The van der Waals surface area contributed by atoms with Crippen LogP contribution >= 0.6 is 27.5 Å². The van der Waals surface area contributed by atoms with Crippen LogP contribution in [0.15, 0.2) is 16.9 Å². The van der Waals surface area contributed by atoms with Gasteiger partial charge in [-0.25, -0.2) is 9.67 Å². The molecule has 0 aliphatic carbocycles. The lowest BCUT2D eigenvalue weighted by atomic mass is 10.2. The van der Waals surface area contributed by atoms with Crippen molar-refractivity contribution in [2.24, 2.45) is 0 Å². The lowest BCUT2D eigenvalue weighted by Gasteiger charge is -2.22. The van der Waals surface area contributed by atoms with Crippen LogP contribution in [0.3, 0.4) is 0 Å². The maximum atomic E-state index is 6.15. The molecule has 3 rings (SSSR count). The lowest BCUT2D eigenvalue weighted by Crippen LogP contribution is -2.19. The highest BCUT2D eigenvalue weighted by Crippen LogP contribution is 2.32. The van der Waals surface area contributed by atoms with E-state index in [0.29, 0.717) is 5.02 Å². The topological polar surface area (TPSA) is 39.9 Å². The number of ether oxygens (including phenoxy) is 1. The number of hydrogen-bond acceptors (Lipinski definition) is 3. The summed E-state index contributed by atoms with van der Waals surface area (Å²) in [5, 5.41) is 5.94. The molecule has 0 unspecified atom stereocenters. The zero-order chi connectivity index (χ0) is 11.8. The number of fused-ring (bicyclic) bond motifs is 1. The summed E-state index contributed by atoms with van der Waals surface area (Å²) in [5.41, 5.74) is 0.774. The highest BCUT2D eigenvalue weighted by atomic mass is 79.9. The number of halogens is 2. The number of aromatic nitrogens is 3. The number of pyridine rings is 1. The Kier molecular flexibility index (Phi) is 3.06. The van der Waals surface area contributed by atoms with Crippen molar-refractivity contribution in [3.05, 3.63) is 21.9 Å². The summed E-state index contributed by atoms with van der Waals surface area (Å²) in [7, 11) is 0. The molecule has 4 nitrogen and oxygen atoms in total. The molecule has 6 heteroatoms. The van der Waals surface area contributed by atoms with Crippen molar-refractivity contribution < 1.29 is 4.74 Å². The van der Waals surface area contributed by atoms with E-state index in [-0.39, 0.29) is 6.23 Å². The Hall–Kier alpha value is -0.650. The molecule has 0 saturated carbocycles. The third-order valence-electron chi connectivity index (χ3n) is 2.93. The Morgan fingerprint density at radius 2 is 2.35 bits per heavy atom. The highest BCUT2D eigenvalue weighted by molar-refractivity contribution is 9.10. The average Bonchev–Trinajstić information content (AvgIpc) is 2.69. The molecule has 2 aromatic rings. The molecule has 0 N–H and O–H groups in total. The van der Waals surface area contributed by atoms with Gasteiger partial charge < -0.3 is 4.74 Å². The van der Waals surface area contributed by atoms with E-state index in [4.69, 9.17) is 16.3 Å². The second-order valence-electron chi connectivity index (χ2n) is 4.05. The Morgan fingerprint density at radius 3 is 3.12 bits per heavy atom. The first-order chi connectivity index (χ1) is 8.27. The zero-order valence-corrected chi connectivity index (χ0v) is 11.4. The average molecular weight is 317 g/mol. The van der Waals surface area contributed by atoms with Crippen molar-refractivity contribution in [2.75, 3.05) is 6.61 Å². The standard InChI is InChI=1S/C11H11BrClN3O/c12-10-9-7(13)4-5-14-11(9)16(15-10)8-3-1-2-6-17-8/h4-5,8H,1-3,6H2/t8-/m0/s1. The number of rotatable bonds is 1. The first-order valence-corrected chi connectivity index (χ1v) is 6.74. The summed E-state index contributed by atoms with van der Waals surface area (Å²) in [6.07, 6.45) is 4.91. The zero-order valence-electron chi connectivity index (χ0n) is 9.07. The quantitative estimate of drug-likeness (QED) is 0.808. The van der Waals surface area contributed by atoms with E-state index in [1.807, 2.05) is 4.68 Å². The first-order valence-electron chi connectivity index (χ1n) is 5.57. The van der Waals surface area contributed by atoms with Gasteiger partial charge in [0.15, 0.2) is 11.9 Å². The number of nitrogens with zero attached hydrogens (tertiary/aromatic N) is 3. The van der Waals surface area contributed by atoms with Gasteiger partial charge >= 0.3 is 0 Å². The first kappa shape index (κ1) is 11.4. The van der Waals surface area contributed by atoms with Crippen molar-refractivity contribution in [1.29, 1.82) is 0 Å². The Labute approximate surface area is 112 Å². The van der Waals surface area contributed by atoms with Crippen LogP contribution in [0.5, 0.6) is 0 Å². The second kappa shape index (κ2) is 4.55. The Balaban J connectivity index is 2.13. The SMILES string of the molecule is Clc1ccnc2c1c(Br)nn2[C@@H]1CCCCO1. The maximum Gasteiger partial charge on any atom is 0.163 e. The molecule has 3 heterocycles.